The van der Waals surface area contributed by atoms with E-state index >= 15 is 0 Å². The molecule has 11 rings (SSSR count). The molecule has 4 aliphatic heterocycles. The number of aromatic nitrogens is 7. The molecule has 53 heteroatoms. The van der Waals surface area contributed by atoms with E-state index in [9.17, 15) is 50.6 Å². The quantitative estimate of drug-likeness (QED) is 0.0120. The molecule has 4 aliphatic rings. The number of anilines is 1. The lowest BCUT2D eigenvalue weighted by molar-refractivity contribution is -0.486. The molecule has 119 heavy (non-hydrogen) atoms. The first-order valence-electron chi connectivity index (χ1n) is 34.2. The van der Waals surface area contributed by atoms with E-state index in [1.807, 2.05) is 71.2 Å². The van der Waals surface area contributed by atoms with E-state index in [-0.39, 0.29) is 31.3 Å². The molecule has 45 nitrogen and oxygen atoms in total. The van der Waals surface area contributed by atoms with Crippen molar-refractivity contribution in [1.82, 2.24) is 100 Å². The van der Waals surface area contributed by atoms with E-state index in [1.54, 1.807) is 170 Å². The molecule has 7 aromatic heterocycles. The van der Waals surface area contributed by atoms with Crippen molar-refractivity contribution in [2.45, 2.75) is 46.2 Å². The number of guanidine groups is 5. The highest BCUT2D eigenvalue weighted by molar-refractivity contribution is 7.15. The Hall–Kier alpha value is -12.4. The Labute approximate surface area is 720 Å². The number of nitrogens with zero attached hydrogens (tertiary/aromatic N) is 30. The predicted octanol–water partition coefficient (Wildman–Crippen LogP) is 8.03. The van der Waals surface area contributed by atoms with Gasteiger partial charge in [-0.1, -0.05) is 112 Å². The number of aliphatic imine (C=N–C) groups is 2. The first-order chi connectivity index (χ1) is 56.6. The van der Waals surface area contributed by atoms with Crippen LogP contribution in [-0.2, 0) is 44.0 Å². The predicted molar refractivity (Wildman–Crippen MR) is 448 cm³/mol. The highest BCUT2D eigenvalue weighted by Gasteiger charge is 2.29. The molecule has 0 spiro atoms. The van der Waals surface area contributed by atoms with Gasteiger partial charge in [0.05, 0.1) is 36.7 Å². The van der Waals surface area contributed by atoms with Gasteiger partial charge >= 0.3 is 0 Å². The van der Waals surface area contributed by atoms with Gasteiger partial charge in [0.2, 0.25) is 12.2 Å². The third-order valence-corrected chi connectivity index (χ3v) is 17.8. The molecule has 4 saturated heterocycles. The average molecular weight is 1800 g/mol. The van der Waals surface area contributed by atoms with Gasteiger partial charge in [0.25, 0.3) is 30.0 Å². The lowest BCUT2D eigenvalue weighted by Gasteiger charge is -2.40. The number of rotatable bonds is 18. The van der Waals surface area contributed by atoms with Gasteiger partial charge in [-0.05, 0) is 84.3 Å². The molecule has 0 amide bonds. The summed E-state index contributed by atoms with van der Waals surface area (Å²) in [5.74, 6) is 2.70. The fourth-order valence-corrected chi connectivity index (χ4v) is 11.9. The van der Waals surface area contributed by atoms with Gasteiger partial charge in [-0.3, -0.25) is 25.3 Å². The summed E-state index contributed by atoms with van der Waals surface area (Å²) in [5, 5.41) is 93.1. The molecule has 634 valence electrons. The largest absolute Gasteiger partial charge is 0.365 e. The number of halogens is 7. The summed E-state index contributed by atoms with van der Waals surface area (Å²) in [6, 6.07) is 21.2. The zero-order valence-corrected chi connectivity index (χ0v) is 71.0. The van der Waals surface area contributed by atoms with Crippen molar-refractivity contribution in [3.8, 4) is 12.4 Å². The Morgan fingerprint density at radius 1 is 0.571 bits per heavy atom. The first kappa shape index (κ1) is 97.2. The number of hydrazone groups is 4. The van der Waals surface area contributed by atoms with Crippen molar-refractivity contribution in [1.29, 1.82) is 10.5 Å². The van der Waals surface area contributed by atoms with Gasteiger partial charge in [-0.25, -0.2) is 75.3 Å². The van der Waals surface area contributed by atoms with Crippen molar-refractivity contribution in [3.63, 3.8) is 0 Å². The SMILES string of the molecule is CC(=NC#N)N(C)Cc1ccc(Cl)nc1.CN/C(=N\[N+](=O)[O-])N(C)Cc1ccc(Cl)nc1.CN1CN(C)/C(=N\[N+](=O)[O-])N(Cc2ccc(Cl)nc2)C1.CN1COCN(Cc2cnc(Cl)s2)/C1=N/[N+](=O)[O-].CN=C(NC#N)N(C)Cc1ccc(Cl)nc1.O=[N+]([O-])/C=C1\NCCN1c1ccc(Cl)nc1.O=[N+]([O-])/N=C1\NCCN1Cc1ccc(Cl)nc1. The maximum absolute atomic E-state index is 10.7. The Bertz CT molecular complexity index is 4750. The van der Waals surface area contributed by atoms with Crippen molar-refractivity contribution in [2.75, 3.05) is 114 Å². The fraction of sp³-hybridized carbons (Fsp3) is 0.348. The number of nitrogens with one attached hydrogen (secondary N) is 4. The third kappa shape index (κ3) is 36.4. The van der Waals surface area contributed by atoms with E-state index in [2.05, 4.69) is 86.5 Å². The Morgan fingerprint density at radius 2 is 1.04 bits per heavy atom. The van der Waals surface area contributed by atoms with Gasteiger partial charge in [0, 0.05) is 150 Å². The van der Waals surface area contributed by atoms with Crippen LogP contribution in [0, 0.1) is 73.5 Å². The second kappa shape index (κ2) is 51.0. The Morgan fingerprint density at radius 3 is 1.47 bits per heavy atom. The third-order valence-electron chi connectivity index (χ3n) is 15.4. The molecule has 4 fully saturated rings. The molecule has 11 heterocycles. The number of ether oxygens (including phenoxy) is 1. The molecule has 7 aromatic rings. The number of amidine groups is 1. The molecular formula is C66H79Cl7N34O11S. The molecule has 0 bridgehead atoms. The Kier molecular flexibility index (Phi) is 41.6. The van der Waals surface area contributed by atoms with Crippen molar-refractivity contribution < 1.29 is 29.8 Å². The highest BCUT2D eigenvalue weighted by Crippen LogP contribution is 2.24. The molecule has 0 aromatic carbocycles. The fourth-order valence-electron chi connectivity index (χ4n) is 10.2. The van der Waals surface area contributed by atoms with Crippen LogP contribution in [0.4, 0.5) is 5.69 Å². The number of hydrogen-bond acceptors (Lipinski definition) is 26. The molecule has 0 aliphatic carbocycles. The zero-order valence-electron chi connectivity index (χ0n) is 64.9. The summed E-state index contributed by atoms with van der Waals surface area (Å²) in [5.41, 5.74) is 5.51. The molecular weight excluding hydrogens is 1730 g/mol. The normalized spacial score (nSPS) is 15.2. The Balaban J connectivity index is 0.000000248. The van der Waals surface area contributed by atoms with Crippen LogP contribution in [0.25, 0.3) is 0 Å². The number of thiazole rings is 1. The van der Waals surface area contributed by atoms with Crippen LogP contribution in [0.5, 0.6) is 0 Å². The lowest BCUT2D eigenvalue weighted by Crippen LogP contribution is -2.56. The highest BCUT2D eigenvalue weighted by atomic mass is 35.5. The standard InChI is InChI=1S/C11H15ClN6O2.C10H12ClN5.C10H11ClN4.C9H10ClN5O2.C9H12ClN5O2.C9H9ClN4O2.C8H10ClN5O3S/c1-15-7-16(2)11(14-18(19)20)17(8-15)6-9-3-4-10(12)13-5-9;1-13-10(15-7-12)16(2)6-8-3-4-9(11)14-5-8;1-8(14-7-12)15(2)6-9-3-4-10(11)13-5-9;10-8-2-1-7(5-12-8)6-14-4-3-11-9(14)13-15(16)17;1-11-9(13-15(16)17)14(2)6-7-3-4-8(10)12-5-7;10-8-2-1-7(5-12-8)13-4-3-11-9(13)6-14(15)16;1-12-4-17-5-13(8(12)11-14(15)16)3-6-2-10-7(9)18-6/h3-5H,6-8H2,1-2H3;3-5H,6H2,1-2H3,(H,13,15);3-5H,6H2,1-2H3;1-2,5H,3-4,6H2,(H,11,13);3-5H,6H2,1-2H3,(H,11,13);1-2,5-6,11H,3-4H2;2H,3-5H2,1H3/b14-11+;;;;;9-6+;11-8+. The minimum absolute atomic E-state index is 0.171. The number of nitriles is 2. The van der Waals surface area contributed by atoms with E-state index in [4.69, 9.17) is 96.5 Å². The summed E-state index contributed by atoms with van der Waals surface area (Å²) < 4.78 is 5.72. The lowest BCUT2D eigenvalue weighted by atomic mass is 10.2. The van der Waals surface area contributed by atoms with Crippen LogP contribution in [0.15, 0.2) is 159 Å². The van der Waals surface area contributed by atoms with Gasteiger partial charge in [0.15, 0.2) is 36.6 Å². The van der Waals surface area contributed by atoms with Gasteiger partial charge in [0.1, 0.15) is 70.6 Å². The zero-order chi connectivity index (χ0) is 87.7. The van der Waals surface area contributed by atoms with Crippen molar-refractivity contribution in [2.24, 2.45) is 30.4 Å². The van der Waals surface area contributed by atoms with Gasteiger partial charge < -0.3 is 64.8 Å². The number of nitro groups is 5. The topological polar surface area (TPSA) is 517 Å². The molecule has 4 N–H and O–H groups in total. The van der Waals surface area contributed by atoms with E-state index < -0.39 is 25.1 Å². The summed E-state index contributed by atoms with van der Waals surface area (Å²) in [6.07, 6.45) is 16.1. The minimum atomic E-state index is -0.748. The second-order valence-electron chi connectivity index (χ2n) is 24.4. The van der Waals surface area contributed by atoms with Gasteiger partial charge in [-0.15, -0.1) is 11.3 Å². The van der Waals surface area contributed by atoms with E-state index in [0.717, 1.165) is 44.6 Å². The van der Waals surface area contributed by atoms with Crippen LogP contribution in [0.2, 0.25) is 35.4 Å². The van der Waals surface area contributed by atoms with Crippen molar-refractivity contribution in [3.05, 3.63) is 247 Å². The maximum Gasteiger partial charge on any atom is 0.277 e. The van der Waals surface area contributed by atoms with Crippen LogP contribution in [0.3, 0.4) is 0 Å². The van der Waals surface area contributed by atoms with Crippen molar-refractivity contribution >= 4 is 134 Å². The van der Waals surface area contributed by atoms with Gasteiger partial charge in [-0.2, -0.15) is 15.5 Å². The first-order valence-corrected chi connectivity index (χ1v) is 37.7. The number of pyridine rings is 6. The second-order valence-corrected chi connectivity index (χ2v) is 28.5. The van der Waals surface area contributed by atoms with Crippen LogP contribution in [-0.4, -0.2) is 249 Å². The van der Waals surface area contributed by atoms with Crippen LogP contribution in [0.1, 0.15) is 39.6 Å². The average Bonchev–Trinajstić information content (AvgIpc) is 1.63. The number of hydrogen-bond donors (Lipinski definition) is 4. The molecule has 0 radical (unpaired) electrons. The van der Waals surface area contributed by atoms with E-state index in [0.29, 0.717) is 138 Å². The van der Waals surface area contributed by atoms with E-state index in [1.165, 1.54) is 11.3 Å². The van der Waals surface area contributed by atoms with Crippen LogP contribution >= 0.6 is 92.5 Å². The molecule has 0 atom stereocenters. The maximum atomic E-state index is 10.7. The molecule has 0 saturated carbocycles. The summed E-state index contributed by atoms with van der Waals surface area (Å²) >= 11 is 41.2. The smallest absolute Gasteiger partial charge is 0.277 e. The van der Waals surface area contributed by atoms with Crippen LogP contribution < -0.4 is 26.2 Å². The molecule has 0 unspecified atom stereocenters. The minimum Gasteiger partial charge on any atom is -0.365 e. The monoisotopic (exact) mass is 1800 g/mol. The summed E-state index contributed by atoms with van der Waals surface area (Å²) in [4.78, 5) is 106. The summed E-state index contributed by atoms with van der Waals surface area (Å²) in [6.45, 7) is 9.21. The summed E-state index contributed by atoms with van der Waals surface area (Å²) in [7, 11) is 14.0.